The average molecular weight is 257 g/mol. The van der Waals surface area contributed by atoms with Crippen molar-refractivity contribution in [2.75, 3.05) is 42.8 Å². The molecule has 0 bridgehead atoms. The molecule has 0 unspecified atom stereocenters. The summed E-state index contributed by atoms with van der Waals surface area (Å²) in [6.07, 6.45) is 2.99. The van der Waals surface area contributed by atoms with E-state index in [0.29, 0.717) is 24.5 Å². The highest BCUT2D eigenvalue weighted by molar-refractivity contribution is 7.98. The van der Waals surface area contributed by atoms with Gasteiger partial charge in [-0.15, -0.1) is 0 Å². The van der Waals surface area contributed by atoms with E-state index in [1.54, 1.807) is 18.8 Å². The van der Waals surface area contributed by atoms with Crippen LogP contribution in [0.15, 0.2) is 0 Å². The lowest BCUT2D eigenvalue weighted by Crippen LogP contribution is -2.11. The smallest absolute Gasteiger partial charge is 0.323 e. The second kappa shape index (κ2) is 7.94. The Hall–Kier alpha value is -1.24. The van der Waals surface area contributed by atoms with Gasteiger partial charge >= 0.3 is 6.01 Å². The number of anilines is 2. The van der Waals surface area contributed by atoms with Gasteiger partial charge in [-0.05, 0) is 12.7 Å². The molecule has 2 N–H and O–H groups in total. The second-order valence-electron chi connectivity index (χ2n) is 3.28. The summed E-state index contributed by atoms with van der Waals surface area (Å²) in [6.45, 7) is 3.47. The third kappa shape index (κ3) is 5.08. The van der Waals surface area contributed by atoms with E-state index in [-0.39, 0.29) is 0 Å². The molecule has 1 heterocycles. The third-order valence-electron chi connectivity index (χ3n) is 1.86. The lowest BCUT2D eigenvalue weighted by Gasteiger charge is -2.08. The first-order valence-electron chi connectivity index (χ1n) is 5.59. The number of nitrogens with zero attached hydrogens (tertiary/aromatic N) is 3. The van der Waals surface area contributed by atoms with Gasteiger partial charge < -0.3 is 15.4 Å². The van der Waals surface area contributed by atoms with E-state index in [1.165, 1.54) is 0 Å². The topological polar surface area (TPSA) is 72.0 Å². The minimum absolute atomic E-state index is 0.359. The number of hydrogen-bond acceptors (Lipinski definition) is 7. The van der Waals surface area contributed by atoms with Crippen LogP contribution in [0.5, 0.6) is 6.01 Å². The number of aromatic nitrogens is 3. The number of thioether (sulfide) groups is 1. The molecule has 0 saturated carbocycles. The van der Waals surface area contributed by atoms with Gasteiger partial charge in [-0.3, -0.25) is 0 Å². The fraction of sp³-hybridized carbons (Fsp3) is 0.700. The molecule has 1 aromatic rings. The van der Waals surface area contributed by atoms with Gasteiger partial charge in [0.15, 0.2) is 0 Å². The molecular formula is C10H19N5OS. The zero-order chi connectivity index (χ0) is 12.5. The molecule has 0 radical (unpaired) electrons. The Balaban J connectivity index is 2.67. The van der Waals surface area contributed by atoms with E-state index in [4.69, 9.17) is 4.74 Å². The number of ether oxygens (including phenoxy) is 1. The van der Waals surface area contributed by atoms with Crippen LogP contribution in [0.1, 0.15) is 13.3 Å². The summed E-state index contributed by atoms with van der Waals surface area (Å²) in [5, 5.41) is 6.02. The molecule has 17 heavy (non-hydrogen) atoms. The van der Waals surface area contributed by atoms with Crippen LogP contribution >= 0.6 is 11.8 Å². The van der Waals surface area contributed by atoms with Gasteiger partial charge in [0.25, 0.3) is 0 Å². The van der Waals surface area contributed by atoms with Crippen molar-refractivity contribution in [1.29, 1.82) is 0 Å². The molecule has 0 aliphatic rings. The van der Waals surface area contributed by atoms with Crippen LogP contribution in [-0.4, -0.2) is 47.2 Å². The minimum Gasteiger partial charge on any atom is -0.463 e. The highest BCUT2D eigenvalue weighted by Crippen LogP contribution is 2.10. The molecule has 1 rings (SSSR count). The molecule has 1 aromatic heterocycles. The molecule has 0 amide bonds. The molecule has 0 spiro atoms. The summed E-state index contributed by atoms with van der Waals surface area (Å²) < 4.78 is 5.40. The van der Waals surface area contributed by atoms with E-state index in [1.807, 2.05) is 6.92 Å². The van der Waals surface area contributed by atoms with Crippen LogP contribution in [0.2, 0.25) is 0 Å². The fourth-order valence-electron chi connectivity index (χ4n) is 1.07. The highest BCUT2D eigenvalue weighted by atomic mass is 32.2. The number of nitrogens with one attached hydrogen (secondary N) is 2. The maximum atomic E-state index is 5.40. The standard InChI is InChI=1S/C10H19N5OS/c1-4-6-16-10-14-8(11-2)13-9(15-10)12-5-7-17-3/h4-7H2,1-3H3,(H2,11,12,13,14,15). The van der Waals surface area contributed by atoms with Crippen LogP contribution in [0.25, 0.3) is 0 Å². The van der Waals surface area contributed by atoms with Crippen LogP contribution in [0.4, 0.5) is 11.9 Å². The first-order chi connectivity index (χ1) is 8.30. The van der Waals surface area contributed by atoms with Crippen molar-refractivity contribution in [3.8, 4) is 6.01 Å². The Labute approximate surface area is 106 Å². The second-order valence-corrected chi connectivity index (χ2v) is 4.27. The van der Waals surface area contributed by atoms with Crippen molar-refractivity contribution in [1.82, 2.24) is 15.0 Å². The third-order valence-corrected chi connectivity index (χ3v) is 2.48. The summed E-state index contributed by atoms with van der Waals surface area (Å²) in [5.74, 6) is 2.06. The lowest BCUT2D eigenvalue weighted by molar-refractivity contribution is 0.292. The molecule has 0 atom stereocenters. The first kappa shape index (κ1) is 13.8. The summed E-state index contributed by atoms with van der Waals surface area (Å²) in [7, 11) is 1.77. The van der Waals surface area contributed by atoms with Gasteiger partial charge in [0.05, 0.1) is 6.61 Å². The van der Waals surface area contributed by atoms with Gasteiger partial charge in [-0.1, -0.05) is 6.92 Å². The van der Waals surface area contributed by atoms with Crippen LogP contribution < -0.4 is 15.4 Å². The molecule has 96 valence electrons. The molecule has 0 aliphatic heterocycles. The normalized spacial score (nSPS) is 10.1. The van der Waals surface area contributed by atoms with Crippen molar-refractivity contribution in [3.05, 3.63) is 0 Å². The van der Waals surface area contributed by atoms with Crippen molar-refractivity contribution < 1.29 is 4.74 Å². The maximum Gasteiger partial charge on any atom is 0.323 e. The van der Waals surface area contributed by atoms with E-state index in [9.17, 15) is 0 Å². The van der Waals surface area contributed by atoms with Crippen LogP contribution in [-0.2, 0) is 0 Å². The van der Waals surface area contributed by atoms with E-state index in [2.05, 4.69) is 31.8 Å². The maximum absolute atomic E-state index is 5.40. The van der Waals surface area contributed by atoms with Gasteiger partial charge in [0.1, 0.15) is 0 Å². The highest BCUT2D eigenvalue weighted by Gasteiger charge is 2.05. The summed E-state index contributed by atoms with van der Waals surface area (Å²) >= 11 is 1.77. The zero-order valence-corrected chi connectivity index (χ0v) is 11.3. The molecular weight excluding hydrogens is 238 g/mol. The van der Waals surface area contributed by atoms with Crippen LogP contribution in [0.3, 0.4) is 0 Å². The first-order valence-corrected chi connectivity index (χ1v) is 6.99. The molecule has 0 aliphatic carbocycles. The molecule has 0 saturated heterocycles. The minimum atomic E-state index is 0.359. The predicted molar refractivity (Wildman–Crippen MR) is 72.0 cm³/mol. The molecule has 0 aromatic carbocycles. The van der Waals surface area contributed by atoms with E-state index < -0.39 is 0 Å². The van der Waals surface area contributed by atoms with Crippen LogP contribution in [0, 0.1) is 0 Å². The number of hydrogen-bond donors (Lipinski definition) is 2. The Morgan fingerprint density at radius 3 is 2.65 bits per heavy atom. The fourth-order valence-corrected chi connectivity index (χ4v) is 1.38. The van der Waals surface area contributed by atoms with Gasteiger partial charge in [0.2, 0.25) is 11.9 Å². The predicted octanol–water partition coefficient (Wildman–Crippen LogP) is 1.48. The average Bonchev–Trinajstić information content (AvgIpc) is 2.36. The SMILES string of the molecule is CCCOc1nc(NC)nc(NCCSC)n1. The van der Waals surface area contributed by atoms with Crippen molar-refractivity contribution in [3.63, 3.8) is 0 Å². The van der Waals surface area contributed by atoms with Crippen molar-refractivity contribution >= 4 is 23.7 Å². The van der Waals surface area contributed by atoms with Gasteiger partial charge in [-0.25, -0.2) is 0 Å². The van der Waals surface area contributed by atoms with E-state index in [0.717, 1.165) is 18.7 Å². The Bertz CT molecular complexity index is 336. The quantitative estimate of drug-likeness (QED) is 0.683. The lowest BCUT2D eigenvalue weighted by atomic mass is 10.5. The molecule has 6 nitrogen and oxygen atoms in total. The molecule has 7 heteroatoms. The van der Waals surface area contributed by atoms with Crippen molar-refractivity contribution in [2.24, 2.45) is 0 Å². The Morgan fingerprint density at radius 1 is 1.24 bits per heavy atom. The number of rotatable bonds is 8. The summed E-state index contributed by atoms with van der Waals surface area (Å²) in [5.41, 5.74) is 0. The monoisotopic (exact) mass is 257 g/mol. The van der Waals surface area contributed by atoms with Gasteiger partial charge in [0, 0.05) is 19.3 Å². The van der Waals surface area contributed by atoms with Crippen molar-refractivity contribution in [2.45, 2.75) is 13.3 Å². The van der Waals surface area contributed by atoms with E-state index >= 15 is 0 Å². The Kier molecular flexibility index (Phi) is 6.46. The Morgan fingerprint density at radius 2 is 2.00 bits per heavy atom. The molecule has 0 fully saturated rings. The largest absolute Gasteiger partial charge is 0.463 e. The van der Waals surface area contributed by atoms with Gasteiger partial charge in [-0.2, -0.15) is 26.7 Å². The zero-order valence-electron chi connectivity index (χ0n) is 10.5. The summed E-state index contributed by atoms with van der Waals surface area (Å²) in [4.78, 5) is 12.5. The summed E-state index contributed by atoms with van der Waals surface area (Å²) in [6, 6.07) is 0.359.